The molecule has 0 unspecified atom stereocenters. The summed E-state index contributed by atoms with van der Waals surface area (Å²) in [4.78, 5) is 8.55. The van der Waals surface area contributed by atoms with Crippen LogP contribution in [0.1, 0.15) is 18.1 Å². The Kier molecular flexibility index (Phi) is 3.82. The fourth-order valence-electron chi connectivity index (χ4n) is 3.01. The van der Waals surface area contributed by atoms with Crippen LogP contribution in [0.4, 0.5) is 10.2 Å². The van der Waals surface area contributed by atoms with E-state index in [-0.39, 0.29) is 17.2 Å². The molecule has 1 aliphatic heterocycles. The second-order valence-electron chi connectivity index (χ2n) is 5.73. The van der Waals surface area contributed by atoms with Crippen LogP contribution in [-0.2, 0) is 11.8 Å². The SMILES string of the molecule is Cn1ncc2c(N[C@H]3CCO[C@@H]3c3ccc(Cl)c(F)c3)ncnc21. The fraction of sp³-hybridized carbons (Fsp3) is 0.312. The highest BCUT2D eigenvalue weighted by molar-refractivity contribution is 6.30. The van der Waals surface area contributed by atoms with Gasteiger partial charge in [0, 0.05) is 13.7 Å². The average molecular weight is 348 g/mol. The molecule has 1 aromatic carbocycles. The van der Waals surface area contributed by atoms with Crippen LogP contribution in [0.3, 0.4) is 0 Å². The average Bonchev–Trinajstić information content (AvgIpc) is 3.18. The van der Waals surface area contributed by atoms with Crippen LogP contribution in [0.25, 0.3) is 11.0 Å². The van der Waals surface area contributed by atoms with E-state index in [2.05, 4.69) is 20.4 Å². The summed E-state index contributed by atoms with van der Waals surface area (Å²) in [6.07, 6.45) is 3.75. The number of fused-ring (bicyclic) bond motifs is 1. The maximum absolute atomic E-state index is 13.8. The van der Waals surface area contributed by atoms with Crippen molar-refractivity contribution >= 4 is 28.5 Å². The number of rotatable bonds is 3. The van der Waals surface area contributed by atoms with E-state index < -0.39 is 5.82 Å². The van der Waals surface area contributed by atoms with Crippen molar-refractivity contribution in [1.29, 1.82) is 0 Å². The van der Waals surface area contributed by atoms with Crippen LogP contribution < -0.4 is 5.32 Å². The molecule has 8 heteroatoms. The molecule has 124 valence electrons. The highest BCUT2D eigenvalue weighted by Crippen LogP contribution is 2.33. The molecule has 0 amide bonds. The van der Waals surface area contributed by atoms with Crippen molar-refractivity contribution in [3.05, 3.63) is 47.1 Å². The minimum absolute atomic E-state index is 0.0242. The zero-order chi connectivity index (χ0) is 16.7. The van der Waals surface area contributed by atoms with E-state index in [1.54, 1.807) is 23.0 Å². The van der Waals surface area contributed by atoms with Crippen LogP contribution >= 0.6 is 11.6 Å². The number of aryl methyl sites for hydroxylation is 1. The fourth-order valence-corrected chi connectivity index (χ4v) is 3.13. The number of benzene rings is 1. The van der Waals surface area contributed by atoms with Gasteiger partial charge in [-0.25, -0.2) is 14.4 Å². The van der Waals surface area contributed by atoms with Crippen LogP contribution in [0.5, 0.6) is 0 Å². The minimum atomic E-state index is -0.444. The Bertz CT molecular complexity index is 899. The van der Waals surface area contributed by atoms with E-state index in [1.165, 1.54) is 12.4 Å². The van der Waals surface area contributed by atoms with Crippen molar-refractivity contribution in [3.63, 3.8) is 0 Å². The van der Waals surface area contributed by atoms with E-state index >= 15 is 0 Å². The van der Waals surface area contributed by atoms with E-state index in [0.29, 0.717) is 12.4 Å². The molecule has 24 heavy (non-hydrogen) atoms. The van der Waals surface area contributed by atoms with Gasteiger partial charge < -0.3 is 10.1 Å². The number of halogens is 2. The van der Waals surface area contributed by atoms with Gasteiger partial charge in [0.1, 0.15) is 24.1 Å². The van der Waals surface area contributed by atoms with Gasteiger partial charge in [-0.15, -0.1) is 0 Å². The third-order valence-electron chi connectivity index (χ3n) is 4.22. The van der Waals surface area contributed by atoms with Crippen molar-refractivity contribution < 1.29 is 9.13 Å². The molecule has 1 saturated heterocycles. The first kappa shape index (κ1) is 15.3. The van der Waals surface area contributed by atoms with Gasteiger partial charge in [-0.1, -0.05) is 17.7 Å². The summed E-state index contributed by atoms with van der Waals surface area (Å²) >= 11 is 5.76. The first-order chi connectivity index (χ1) is 11.6. The van der Waals surface area contributed by atoms with Gasteiger partial charge in [0.05, 0.1) is 22.6 Å². The Morgan fingerprint density at radius 3 is 3.08 bits per heavy atom. The van der Waals surface area contributed by atoms with Crippen molar-refractivity contribution in [2.24, 2.45) is 7.05 Å². The molecule has 4 rings (SSSR count). The molecule has 0 spiro atoms. The number of nitrogens with one attached hydrogen (secondary N) is 1. The molecule has 0 bridgehead atoms. The van der Waals surface area contributed by atoms with Gasteiger partial charge in [0.15, 0.2) is 5.65 Å². The molecule has 3 aromatic rings. The second-order valence-corrected chi connectivity index (χ2v) is 6.14. The summed E-state index contributed by atoms with van der Waals surface area (Å²) in [5.74, 6) is 0.253. The lowest BCUT2D eigenvalue weighted by Gasteiger charge is -2.21. The van der Waals surface area contributed by atoms with Gasteiger partial charge in [0.2, 0.25) is 0 Å². The summed E-state index contributed by atoms with van der Waals surface area (Å²) in [5, 5.41) is 8.55. The maximum atomic E-state index is 13.8. The Morgan fingerprint density at radius 2 is 2.25 bits per heavy atom. The predicted molar refractivity (Wildman–Crippen MR) is 88.4 cm³/mol. The minimum Gasteiger partial charge on any atom is -0.371 e. The maximum Gasteiger partial charge on any atom is 0.163 e. The Balaban J connectivity index is 1.64. The molecule has 0 aliphatic carbocycles. The van der Waals surface area contributed by atoms with E-state index in [0.717, 1.165) is 23.0 Å². The molecular weight excluding hydrogens is 333 g/mol. The molecule has 3 heterocycles. The molecule has 2 atom stereocenters. The van der Waals surface area contributed by atoms with Crippen LogP contribution in [0.2, 0.25) is 5.02 Å². The standard InChI is InChI=1S/C16H15ClFN5O/c1-23-16-10(7-21-23)15(19-8-20-16)22-13-4-5-24-14(13)9-2-3-11(17)12(18)6-9/h2-3,6-8,13-14H,4-5H2,1H3,(H,19,20,22)/t13-,14+/m0/s1. The number of hydrogen-bond acceptors (Lipinski definition) is 5. The van der Waals surface area contributed by atoms with Crippen molar-refractivity contribution in [3.8, 4) is 0 Å². The van der Waals surface area contributed by atoms with Gasteiger partial charge >= 0.3 is 0 Å². The molecule has 2 aromatic heterocycles. The Labute approximate surface area is 142 Å². The number of hydrogen-bond donors (Lipinski definition) is 1. The molecular formula is C16H15ClFN5O. The monoisotopic (exact) mass is 347 g/mol. The zero-order valence-electron chi connectivity index (χ0n) is 12.9. The van der Waals surface area contributed by atoms with E-state index in [9.17, 15) is 4.39 Å². The normalized spacial score (nSPS) is 20.6. The van der Waals surface area contributed by atoms with Crippen LogP contribution in [-0.4, -0.2) is 32.4 Å². The first-order valence-corrected chi connectivity index (χ1v) is 7.97. The summed E-state index contributed by atoms with van der Waals surface area (Å²) in [6.45, 7) is 0.591. The smallest absolute Gasteiger partial charge is 0.163 e. The summed E-state index contributed by atoms with van der Waals surface area (Å²) in [6, 6.07) is 4.74. The van der Waals surface area contributed by atoms with Gasteiger partial charge in [0.25, 0.3) is 0 Å². The summed E-state index contributed by atoms with van der Waals surface area (Å²) in [5.41, 5.74) is 1.50. The molecule has 6 nitrogen and oxygen atoms in total. The number of ether oxygens (including phenoxy) is 1. The Hall–Kier alpha value is -2.25. The number of anilines is 1. The van der Waals surface area contributed by atoms with Crippen molar-refractivity contribution in [1.82, 2.24) is 19.7 Å². The lowest BCUT2D eigenvalue weighted by molar-refractivity contribution is 0.107. The molecule has 1 N–H and O–H groups in total. The molecule has 1 fully saturated rings. The van der Waals surface area contributed by atoms with E-state index in [1.807, 2.05) is 7.05 Å². The topological polar surface area (TPSA) is 64.9 Å². The molecule has 1 aliphatic rings. The zero-order valence-corrected chi connectivity index (χ0v) is 13.7. The van der Waals surface area contributed by atoms with Gasteiger partial charge in [-0.2, -0.15) is 5.10 Å². The van der Waals surface area contributed by atoms with Crippen molar-refractivity contribution in [2.75, 3.05) is 11.9 Å². The van der Waals surface area contributed by atoms with Crippen LogP contribution in [0.15, 0.2) is 30.7 Å². The van der Waals surface area contributed by atoms with E-state index in [4.69, 9.17) is 16.3 Å². The summed E-state index contributed by atoms with van der Waals surface area (Å²) < 4.78 is 21.3. The summed E-state index contributed by atoms with van der Waals surface area (Å²) in [7, 11) is 1.83. The third-order valence-corrected chi connectivity index (χ3v) is 4.52. The first-order valence-electron chi connectivity index (χ1n) is 7.59. The number of nitrogens with zero attached hydrogens (tertiary/aromatic N) is 4. The van der Waals surface area contributed by atoms with Crippen LogP contribution in [0, 0.1) is 5.82 Å². The lowest BCUT2D eigenvalue weighted by atomic mass is 10.0. The lowest BCUT2D eigenvalue weighted by Crippen LogP contribution is -2.24. The number of aromatic nitrogens is 4. The quantitative estimate of drug-likeness (QED) is 0.788. The van der Waals surface area contributed by atoms with Gasteiger partial charge in [-0.05, 0) is 24.1 Å². The molecule has 0 radical (unpaired) electrons. The third kappa shape index (κ3) is 2.59. The molecule has 0 saturated carbocycles. The van der Waals surface area contributed by atoms with Gasteiger partial charge in [-0.3, -0.25) is 4.68 Å². The Morgan fingerprint density at radius 1 is 1.38 bits per heavy atom. The highest BCUT2D eigenvalue weighted by Gasteiger charge is 2.31. The highest BCUT2D eigenvalue weighted by atomic mass is 35.5. The predicted octanol–water partition coefficient (Wildman–Crippen LogP) is 3.10. The second kappa shape index (κ2) is 5.99. The largest absolute Gasteiger partial charge is 0.371 e. The van der Waals surface area contributed by atoms with Crippen molar-refractivity contribution in [2.45, 2.75) is 18.6 Å².